The molecule has 0 bridgehead atoms. The van der Waals surface area contributed by atoms with Gasteiger partial charge in [-0.25, -0.2) is 4.98 Å². The lowest BCUT2D eigenvalue weighted by Gasteiger charge is -2.23. The first-order chi connectivity index (χ1) is 15.6. The third kappa shape index (κ3) is 4.30. The molecule has 0 aliphatic carbocycles. The van der Waals surface area contributed by atoms with Gasteiger partial charge in [-0.05, 0) is 49.2 Å². The smallest absolute Gasteiger partial charge is 0.295 e. The first-order valence-electron chi connectivity index (χ1n) is 10.6. The molecular formula is C24H25N3O5. The molecule has 3 aromatic rings. The number of aliphatic hydroxyl groups is 1. The summed E-state index contributed by atoms with van der Waals surface area (Å²) in [6.45, 7) is 3.58. The summed E-state index contributed by atoms with van der Waals surface area (Å²) in [5, 5.41) is 11.0. The number of rotatable bonds is 9. The van der Waals surface area contributed by atoms with Gasteiger partial charge in [0.1, 0.15) is 23.3 Å². The van der Waals surface area contributed by atoms with Crippen LogP contribution in [0.4, 0.5) is 0 Å². The van der Waals surface area contributed by atoms with Gasteiger partial charge in [0.25, 0.3) is 11.7 Å². The van der Waals surface area contributed by atoms with E-state index in [-0.39, 0.29) is 11.3 Å². The van der Waals surface area contributed by atoms with Gasteiger partial charge in [0.15, 0.2) is 0 Å². The number of carbonyl (C=O) groups is 2. The SMILES string of the molecule is CCCOc1ccc(C(O)=C2C(=O)C(=O)N(CCCn3ccnc3)[C@@H]2c2ccco2)cc1. The van der Waals surface area contributed by atoms with E-state index in [0.29, 0.717) is 43.2 Å². The maximum Gasteiger partial charge on any atom is 0.295 e. The zero-order valence-electron chi connectivity index (χ0n) is 17.8. The second kappa shape index (κ2) is 9.55. The number of carbonyl (C=O) groups excluding carboxylic acids is 2. The molecule has 1 aliphatic rings. The fourth-order valence-corrected chi connectivity index (χ4v) is 3.78. The third-order valence-electron chi connectivity index (χ3n) is 5.33. The van der Waals surface area contributed by atoms with Gasteiger partial charge < -0.3 is 23.7 Å². The maximum atomic E-state index is 12.9. The van der Waals surface area contributed by atoms with Gasteiger partial charge in [-0.1, -0.05) is 6.92 Å². The molecular weight excluding hydrogens is 410 g/mol. The minimum absolute atomic E-state index is 0.0230. The summed E-state index contributed by atoms with van der Waals surface area (Å²) in [4.78, 5) is 31.3. The quantitative estimate of drug-likeness (QED) is 0.312. The monoisotopic (exact) mass is 435 g/mol. The summed E-state index contributed by atoms with van der Waals surface area (Å²) in [6, 6.07) is 9.41. The number of hydrogen-bond donors (Lipinski definition) is 1. The number of amides is 1. The van der Waals surface area contributed by atoms with Gasteiger partial charge in [-0.3, -0.25) is 9.59 Å². The van der Waals surface area contributed by atoms with Crippen molar-refractivity contribution in [1.29, 1.82) is 0 Å². The Morgan fingerprint density at radius 2 is 2.00 bits per heavy atom. The van der Waals surface area contributed by atoms with E-state index in [9.17, 15) is 14.7 Å². The van der Waals surface area contributed by atoms with E-state index in [0.717, 1.165) is 6.42 Å². The molecule has 0 saturated carbocycles. The summed E-state index contributed by atoms with van der Waals surface area (Å²) >= 11 is 0. The van der Waals surface area contributed by atoms with Crippen LogP contribution in [0.1, 0.15) is 37.1 Å². The first-order valence-corrected chi connectivity index (χ1v) is 10.6. The van der Waals surface area contributed by atoms with Gasteiger partial charge >= 0.3 is 0 Å². The summed E-state index contributed by atoms with van der Waals surface area (Å²) in [5.74, 6) is -0.509. The molecule has 0 spiro atoms. The van der Waals surface area contributed by atoms with E-state index in [2.05, 4.69) is 4.98 Å². The van der Waals surface area contributed by atoms with E-state index < -0.39 is 17.7 Å². The average molecular weight is 435 g/mol. The van der Waals surface area contributed by atoms with Crippen molar-refractivity contribution in [3.05, 3.63) is 78.3 Å². The van der Waals surface area contributed by atoms with E-state index in [4.69, 9.17) is 9.15 Å². The Kier molecular flexibility index (Phi) is 6.39. The molecule has 4 rings (SSSR count). The molecule has 1 amide bonds. The standard InChI is InChI=1S/C24H25N3O5/c1-2-14-31-18-8-6-17(7-9-18)22(28)20-21(19-5-3-15-32-19)27(24(30)23(20)29)12-4-11-26-13-10-25-16-26/h3,5-10,13,15-16,21,28H,2,4,11-12,14H2,1H3/t21-/m1/s1. The second-order valence-corrected chi connectivity index (χ2v) is 7.53. The summed E-state index contributed by atoms with van der Waals surface area (Å²) in [7, 11) is 0. The Morgan fingerprint density at radius 1 is 1.19 bits per heavy atom. The number of benzene rings is 1. The van der Waals surface area contributed by atoms with Crippen LogP contribution in [0.3, 0.4) is 0 Å². The first kappa shape index (κ1) is 21.4. The van der Waals surface area contributed by atoms with Crippen molar-refractivity contribution >= 4 is 17.4 Å². The highest BCUT2D eigenvalue weighted by Gasteiger charge is 2.47. The number of nitrogens with zero attached hydrogens (tertiary/aromatic N) is 3. The van der Waals surface area contributed by atoms with E-state index in [1.807, 2.05) is 17.7 Å². The number of ether oxygens (including phenoxy) is 1. The molecule has 8 nitrogen and oxygen atoms in total. The number of aromatic nitrogens is 2. The van der Waals surface area contributed by atoms with Gasteiger partial charge in [0.2, 0.25) is 0 Å². The molecule has 1 aromatic carbocycles. The zero-order chi connectivity index (χ0) is 22.5. The summed E-state index contributed by atoms with van der Waals surface area (Å²) in [5.41, 5.74) is 0.455. The van der Waals surface area contributed by atoms with Crippen molar-refractivity contribution in [1.82, 2.24) is 14.5 Å². The molecule has 1 saturated heterocycles. The molecule has 0 radical (unpaired) electrons. The molecule has 8 heteroatoms. The molecule has 2 aromatic heterocycles. The van der Waals surface area contributed by atoms with Gasteiger partial charge in [0, 0.05) is 31.0 Å². The number of aryl methyl sites for hydroxylation is 1. The lowest BCUT2D eigenvalue weighted by molar-refractivity contribution is -0.140. The van der Waals surface area contributed by atoms with Crippen LogP contribution in [0, 0.1) is 0 Å². The average Bonchev–Trinajstić information content (AvgIpc) is 3.56. The predicted octanol–water partition coefficient (Wildman–Crippen LogP) is 3.78. The number of Topliss-reactive ketones (excluding diaryl/α,β-unsaturated/α-hetero) is 1. The molecule has 3 heterocycles. The molecule has 166 valence electrons. The number of ketones is 1. The van der Waals surface area contributed by atoms with E-state index in [1.54, 1.807) is 48.9 Å². The van der Waals surface area contributed by atoms with Crippen molar-refractivity contribution in [2.24, 2.45) is 0 Å². The Labute approximate surface area is 185 Å². The fraction of sp³-hybridized carbons (Fsp3) is 0.292. The lowest BCUT2D eigenvalue weighted by Crippen LogP contribution is -2.31. The van der Waals surface area contributed by atoms with Gasteiger partial charge in [-0.15, -0.1) is 0 Å². The van der Waals surface area contributed by atoms with Crippen LogP contribution in [0.25, 0.3) is 5.76 Å². The number of imidazole rings is 1. The van der Waals surface area contributed by atoms with Crippen LogP contribution < -0.4 is 4.74 Å². The van der Waals surface area contributed by atoms with Gasteiger partial charge in [0.05, 0.1) is 24.8 Å². The van der Waals surface area contributed by atoms with Crippen LogP contribution in [0.2, 0.25) is 0 Å². The second-order valence-electron chi connectivity index (χ2n) is 7.53. The molecule has 32 heavy (non-hydrogen) atoms. The molecule has 1 aliphatic heterocycles. The highest BCUT2D eigenvalue weighted by Crippen LogP contribution is 2.39. The largest absolute Gasteiger partial charge is 0.507 e. The molecule has 1 fully saturated rings. The Morgan fingerprint density at radius 3 is 2.66 bits per heavy atom. The van der Waals surface area contributed by atoms with Crippen molar-refractivity contribution in [3.8, 4) is 5.75 Å². The number of aliphatic hydroxyl groups excluding tert-OH is 1. The highest BCUT2D eigenvalue weighted by molar-refractivity contribution is 6.46. The van der Waals surface area contributed by atoms with Gasteiger partial charge in [-0.2, -0.15) is 0 Å². The molecule has 1 N–H and O–H groups in total. The predicted molar refractivity (Wildman–Crippen MR) is 117 cm³/mol. The molecule has 1 atom stereocenters. The van der Waals surface area contributed by atoms with Crippen molar-refractivity contribution in [3.63, 3.8) is 0 Å². The highest BCUT2D eigenvalue weighted by atomic mass is 16.5. The topological polar surface area (TPSA) is 97.8 Å². The Balaban J connectivity index is 1.63. The number of hydrogen-bond acceptors (Lipinski definition) is 6. The Hall–Kier alpha value is -3.81. The Bertz CT molecular complexity index is 1090. The molecule has 0 unspecified atom stereocenters. The zero-order valence-corrected chi connectivity index (χ0v) is 17.8. The van der Waals surface area contributed by atoms with Crippen LogP contribution in [0.5, 0.6) is 5.75 Å². The van der Waals surface area contributed by atoms with Crippen molar-refractivity contribution < 1.29 is 23.8 Å². The van der Waals surface area contributed by atoms with Crippen LogP contribution in [-0.2, 0) is 16.1 Å². The lowest BCUT2D eigenvalue weighted by atomic mass is 9.99. The van der Waals surface area contributed by atoms with Crippen LogP contribution >= 0.6 is 0 Å². The van der Waals surface area contributed by atoms with Crippen LogP contribution in [0.15, 0.2) is 71.4 Å². The number of likely N-dealkylation sites (tertiary alicyclic amines) is 1. The third-order valence-corrected chi connectivity index (χ3v) is 5.33. The maximum absolute atomic E-state index is 12.9. The normalized spacial score (nSPS) is 17.8. The summed E-state index contributed by atoms with van der Waals surface area (Å²) in [6.07, 6.45) is 8.21. The minimum Gasteiger partial charge on any atom is -0.507 e. The van der Waals surface area contributed by atoms with E-state index >= 15 is 0 Å². The van der Waals surface area contributed by atoms with Crippen LogP contribution in [-0.4, -0.2) is 44.4 Å². The minimum atomic E-state index is -0.788. The fourth-order valence-electron chi connectivity index (χ4n) is 3.78. The summed E-state index contributed by atoms with van der Waals surface area (Å²) < 4.78 is 13.0. The van der Waals surface area contributed by atoms with E-state index in [1.165, 1.54) is 11.2 Å². The number of furan rings is 1. The van der Waals surface area contributed by atoms with Crippen molar-refractivity contribution in [2.75, 3.05) is 13.2 Å². The van der Waals surface area contributed by atoms with Crippen molar-refractivity contribution in [2.45, 2.75) is 32.4 Å².